The molecule has 5 rings (SSSR count). The Hall–Kier alpha value is -1.83. The second-order valence-corrected chi connectivity index (χ2v) is 5.76. The predicted octanol–water partition coefficient (Wildman–Crippen LogP) is 3.62. The third-order valence-electron chi connectivity index (χ3n) is 4.92. The normalized spacial score (nSPS) is 31.1. The van der Waals surface area contributed by atoms with Crippen LogP contribution in [0.4, 0.5) is 0 Å². The lowest BCUT2D eigenvalue weighted by atomic mass is 9.57. The molecule has 2 nitrogen and oxygen atoms in total. The van der Waals surface area contributed by atoms with E-state index in [0.29, 0.717) is 5.92 Å². The van der Waals surface area contributed by atoms with E-state index >= 15 is 0 Å². The van der Waals surface area contributed by atoms with Crippen LogP contribution in [0.15, 0.2) is 47.6 Å². The number of benzene rings is 1. The Labute approximate surface area is 112 Å². The third kappa shape index (κ3) is 1.40. The van der Waals surface area contributed by atoms with E-state index in [-0.39, 0.29) is 11.8 Å². The van der Waals surface area contributed by atoms with Crippen LogP contribution in [0.1, 0.15) is 42.2 Å². The lowest BCUT2D eigenvalue weighted by Gasteiger charge is -2.45. The van der Waals surface area contributed by atoms with E-state index in [9.17, 15) is 9.90 Å². The molecular weight excluding hydrogens is 236 g/mol. The largest absolute Gasteiger partial charge is 0.481 e. The molecule has 3 atom stereocenters. The third-order valence-corrected chi connectivity index (χ3v) is 4.92. The van der Waals surface area contributed by atoms with Crippen molar-refractivity contribution in [2.45, 2.75) is 31.1 Å². The molecular formula is C17H16O2. The zero-order chi connectivity index (χ0) is 13.0. The van der Waals surface area contributed by atoms with Crippen LogP contribution in [0.2, 0.25) is 0 Å². The average molecular weight is 252 g/mol. The van der Waals surface area contributed by atoms with E-state index in [1.54, 1.807) is 0 Å². The molecule has 4 aliphatic carbocycles. The van der Waals surface area contributed by atoms with Crippen LogP contribution in [0.3, 0.4) is 0 Å². The summed E-state index contributed by atoms with van der Waals surface area (Å²) in [4.78, 5) is 11.6. The van der Waals surface area contributed by atoms with E-state index < -0.39 is 5.97 Å². The van der Waals surface area contributed by atoms with Crippen LogP contribution in [-0.2, 0) is 4.79 Å². The lowest BCUT2D eigenvalue weighted by Crippen LogP contribution is -2.36. The second kappa shape index (κ2) is 3.83. The summed E-state index contributed by atoms with van der Waals surface area (Å²) in [7, 11) is 0. The van der Waals surface area contributed by atoms with E-state index in [2.05, 4.69) is 30.4 Å². The molecule has 0 spiro atoms. The second-order valence-electron chi connectivity index (χ2n) is 5.76. The van der Waals surface area contributed by atoms with Gasteiger partial charge in [-0.15, -0.1) is 0 Å². The predicted molar refractivity (Wildman–Crippen MR) is 73.1 cm³/mol. The lowest BCUT2D eigenvalue weighted by molar-refractivity contribution is -0.143. The molecule has 3 unspecified atom stereocenters. The highest BCUT2D eigenvalue weighted by Crippen LogP contribution is 2.57. The molecule has 0 fully saturated rings. The van der Waals surface area contributed by atoms with Crippen LogP contribution >= 0.6 is 0 Å². The minimum absolute atomic E-state index is 0.110. The number of rotatable bonds is 1. The molecule has 0 aromatic heterocycles. The fourth-order valence-electron chi connectivity index (χ4n) is 4.19. The maximum absolute atomic E-state index is 11.6. The molecule has 0 aliphatic heterocycles. The van der Waals surface area contributed by atoms with Crippen molar-refractivity contribution in [1.82, 2.24) is 0 Å². The molecule has 0 heterocycles. The summed E-state index contributed by atoms with van der Waals surface area (Å²) in [5.74, 6) is -0.455. The summed E-state index contributed by atoms with van der Waals surface area (Å²) in [5, 5.41) is 9.54. The molecule has 19 heavy (non-hydrogen) atoms. The van der Waals surface area contributed by atoms with Gasteiger partial charge in [0.15, 0.2) is 0 Å². The molecule has 0 amide bonds. The first-order valence-corrected chi connectivity index (χ1v) is 6.98. The number of hydrogen-bond donors (Lipinski definition) is 1. The minimum atomic E-state index is -0.634. The molecule has 2 heteroatoms. The molecule has 0 radical (unpaired) electrons. The van der Waals surface area contributed by atoms with Crippen LogP contribution in [0.25, 0.3) is 0 Å². The SMILES string of the molecule is O=C(O)C1CC2C3=C(CCC=C3)C1c1ccccc12. The Morgan fingerprint density at radius 2 is 2.00 bits per heavy atom. The van der Waals surface area contributed by atoms with E-state index in [1.165, 1.54) is 22.3 Å². The standard InChI is InChI=1S/C17H16O2/c18-17(19)15-9-14-10-5-1-3-7-12(10)16(15)13-8-4-2-6-11(13)14/h1-3,5-7,14-16H,4,8-9H2,(H,18,19). The summed E-state index contributed by atoms with van der Waals surface area (Å²) in [5.41, 5.74) is 5.42. The first-order valence-electron chi connectivity index (χ1n) is 6.98. The summed E-state index contributed by atoms with van der Waals surface area (Å²) in [6, 6.07) is 8.42. The van der Waals surface area contributed by atoms with Crippen molar-refractivity contribution in [3.05, 3.63) is 58.7 Å². The first kappa shape index (κ1) is 11.0. The Morgan fingerprint density at radius 3 is 2.79 bits per heavy atom. The summed E-state index contributed by atoms with van der Waals surface area (Å²) < 4.78 is 0. The molecule has 1 N–H and O–H groups in total. The van der Waals surface area contributed by atoms with Crippen LogP contribution in [0, 0.1) is 5.92 Å². The van der Waals surface area contributed by atoms with Gasteiger partial charge in [0.25, 0.3) is 0 Å². The van der Waals surface area contributed by atoms with Gasteiger partial charge in [-0.2, -0.15) is 0 Å². The highest BCUT2D eigenvalue weighted by Gasteiger charge is 2.46. The summed E-state index contributed by atoms with van der Waals surface area (Å²) >= 11 is 0. The molecule has 1 aromatic carbocycles. The fraction of sp³-hybridized carbons (Fsp3) is 0.353. The van der Waals surface area contributed by atoms with Crippen molar-refractivity contribution in [3.63, 3.8) is 0 Å². The van der Waals surface area contributed by atoms with Gasteiger partial charge in [0.1, 0.15) is 0 Å². The molecule has 1 aromatic rings. The van der Waals surface area contributed by atoms with Gasteiger partial charge in [-0.05, 0) is 36.0 Å². The number of carbonyl (C=O) groups is 1. The molecule has 0 saturated heterocycles. The van der Waals surface area contributed by atoms with Crippen LogP contribution in [0.5, 0.6) is 0 Å². The van der Waals surface area contributed by atoms with Crippen molar-refractivity contribution in [1.29, 1.82) is 0 Å². The van der Waals surface area contributed by atoms with Crippen molar-refractivity contribution < 1.29 is 9.90 Å². The fourth-order valence-corrected chi connectivity index (χ4v) is 4.19. The number of allylic oxidation sites excluding steroid dienone is 4. The highest BCUT2D eigenvalue weighted by molar-refractivity contribution is 5.75. The van der Waals surface area contributed by atoms with Gasteiger partial charge < -0.3 is 5.11 Å². The smallest absolute Gasteiger partial charge is 0.307 e. The van der Waals surface area contributed by atoms with Gasteiger partial charge in [0.2, 0.25) is 0 Å². The van der Waals surface area contributed by atoms with Gasteiger partial charge >= 0.3 is 5.97 Å². The Balaban J connectivity index is 1.95. The Kier molecular flexibility index (Phi) is 2.22. The van der Waals surface area contributed by atoms with Crippen molar-refractivity contribution in [2.24, 2.45) is 5.92 Å². The number of carboxylic acid groups (broad SMARTS) is 1. The molecule has 4 aliphatic rings. The maximum atomic E-state index is 11.6. The quantitative estimate of drug-likeness (QED) is 0.828. The first-order chi connectivity index (χ1) is 9.27. The minimum Gasteiger partial charge on any atom is -0.481 e. The number of fused-ring (bicyclic) bond motifs is 1. The average Bonchev–Trinajstić information content (AvgIpc) is 2.47. The van der Waals surface area contributed by atoms with Crippen molar-refractivity contribution in [3.8, 4) is 0 Å². The topological polar surface area (TPSA) is 37.3 Å². The van der Waals surface area contributed by atoms with Gasteiger partial charge in [-0.1, -0.05) is 42.0 Å². The van der Waals surface area contributed by atoms with Gasteiger partial charge in [0, 0.05) is 11.8 Å². The van der Waals surface area contributed by atoms with Crippen molar-refractivity contribution in [2.75, 3.05) is 0 Å². The Bertz CT molecular complexity index is 624. The van der Waals surface area contributed by atoms with Crippen molar-refractivity contribution >= 4 is 5.97 Å². The zero-order valence-electron chi connectivity index (χ0n) is 10.7. The van der Waals surface area contributed by atoms with Gasteiger partial charge in [-0.25, -0.2) is 0 Å². The monoisotopic (exact) mass is 252 g/mol. The molecule has 0 saturated carbocycles. The maximum Gasteiger partial charge on any atom is 0.307 e. The number of carboxylic acids is 1. The molecule has 2 bridgehead atoms. The van der Waals surface area contributed by atoms with E-state index in [1.807, 2.05) is 6.07 Å². The van der Waals surface area contributed by atoms with Crippen LogP contribution in [-0.4, -0.2) is 11.1 Å². The number of aliphatic carboxylic acids is 1. The molecule has 96 valence electrons. The van der Waals surface area contributed by atoms with E-state index in [0.717, 1.165) is 19.3 Å². The number of hydrogen-bond acceptors (Lipinski definition) is 1. The van der Waals surface area contributed by atoms with Gasteiger partial charge in [0.05, 0.1) is 5.92 Å². The zero-order valence-corrected chi connectivity index (χ0v) is 10.7. The summed E-state index contributed by atoms with van der Waals surface area (Å²) in [6.45, 7) is 0. The highest BCUT2D eigenvalue weighted by atomic mass is 16.4. The summed E-state index contributed by atoms with van der Waals surface area (Å²) in [6.07, 6.45) is 7.32. The Morgan fingerprint density at radius 1 is 1.21 bits per heavy atom. The van der Waals surface area contributed by atoms with E-state index in [4.69, 9.17) is 0 Å². The van der Waals surface area contributed by atoms with Crippen LogP contribution < -0.4 is 0 Å². The van der Waals surface area contributed by atoms with Gasteiger partial charge in [-0.3, -0.25) is 4.79 Å².